The van der Waals surface area contributed by atoms with Gasteiger partial charge in [0.25, 0.3) is 0 Å². The van der Waals surface area contributed by atoms with Crippen LogP contribution in [0.4, 0.5) is 0 Å². The molecule has 1 atom stereocenters. The van der Waals surface area contributed by atoms with E-state index in [1.807, 2.05) is 67.8 Å². The molecule has 6 nitrogen and oxygen atoms in total. The van der Waals surface area contributed by atoms with Crippen molar-refractivity contribution in [1.82, 2.24) is 14.8 Å². The number of fused-ring (bicyclic) bond motifs is 3. The minimum Gasteiger partial charge on any atom is -0.497 e. The lowest BCUT2D eigenvalue weighted by Crippen LogP contribution is -2.14. The first-order valence-electron chi connectivity index (χ1n) is 9.86. The van der Waals surface area contributed by atoms with E-state index >= 15 is 0 Å². The van der Waals surface area contributed by atoms with Crippen LogP contribution in [0.3, 0.4) is 0 Å². The molecule has 3 aromatic rings. The van der Waals surface area contributed by atoms with Crippen LogP contribution in [0, 0.1) is 12.8 Å². The Hall–Kier alpha value is -2.99. The van der Waals surface area contributed by atoms with E-state index in [4.69, 9.17) is 21.3 Å². The van der Waals surface area contributed by atoms with Gasteiger partial charge in [0, 0.05) is 34.6 Å². The lowest BCUT2D eigenvalue weighted by Gasteiger charge is -2.14. The highest BCUT2D eigenvalue weighted by molar-refractivity contribution is 6.30. The summed E-state index contributed by atoms with van der Waals surface area (Å²) in [5, 5.41) is 9.33. The number of nitrogens with zero attached hydrogens (tertiary/aromatic N) is 4. The molecule has 1 aliphatic rings. The van der Waals surface area contributed by atoms with E-state index in [0.29, 0.717) is 10.8 Å². The second-order valence-corrected chi connectivity index (χ2v) is 8.09. The maximum absolute atomic E-state index is 12.6. The zero-order valence-electron chi connectivity index (χ0n) is 17.4. The van der Waals surface area contributed by atoms with Gasteiger partial charge in [-0.2, -0.15) is 0 Å². The van der Waals surface area contributed by atoms with Crippen LogP contribution in [-0.4, -0.2) is 33.4 Å². The van der Waals surface area contributed by atoms with Gasteiger partial charge in [0.05, 0.1) is 18.5 Å². The van der Waals surface area contributed by atoms with Crippen molar-refractivity contribution >= 4 is 23.1 Å². The number of carbonyl (C=O) groups is 1. The van der Waals surface area contributed by atoms with E-state index in [-0.39, 0.29) is 18.1 Å². The molecule has 2 heterocycles. The summed E-state index contributed by atoms with van der Waals surface area (Å²) in [6, 6.07) is 13.0. The molecule has 0 radical (unpaired) electrons. The summed E-state index contributed by atoms with van der Waals surface area (Å²) >= 11 is 6.11. The maximum atomic E-state index is 12.6. The van der Waals surface area contributed by atoms with Crippen LogP contribution in [0.15, 0.2) is 47.5 Å². The Morgan fingerprint density at radius 1 is 1.17 bits per heavy atom. The van der Waals surface area contributed by atoms with Crippen molar-refractivity contribution in [3.8, 4) is 11.4 Å². The number of Topliss-reactive ketones (excluding diaryl/α,β-unsaturated/α-hetero) is 1. The van der Waals surface area contributed by atoms with Crippen molar-refractivity contribution < 1.29 is 9.53 Å². The number of methoxy groups -OCH3 is 1. The molecule has 2 aromatic carbocycles. The Kier molecular flexibility index (Phi) is 5.43. The van der Waals surface area contributed by atoms with Gasteiger partial charge in [0.2, 0.25) is 0 Å². The Morgan fingerprint density at radius 3 is 2.57 bits per heavy atom. The number of hydrogen-bond donors (Lipinski definition) is 0. The highest BCUT2D eigenvalue weighted by Crippen LogP contribution is 2.35. The number of ketones is 1. The number of ether oxygens (including phenoxy) is 1. The third-order valence-electron chi connectivity index (χ3n) is 5.29. The minimum atomic E-state index is -0.440. The van der Waals surface area contributed by atoms with Gasteiger partial charge in [-0.15, -0.1) is 10.2 Å². The third-order valence-corrected chi connectivity index (χ3v) is 5.54. The quantitative estimate of drug-likeness (QED) is 0.595. The Labute approximate surface area is 180 Å². The monoisotopic (exact) mass is 422 g/mol. The number of benzene rings is 2. The number of rotatable bonds is 5. The molecule has 1 aliphatic heterocycles. The first-order valence-corrected chi connectivity index (χ1v) is 10.2. The molecular weight excluding hydrogens is 400 g/mol. The third kappa shape index (κ3) is 3.63. The van der Waals surface area contributed by atoms with Crippen LogP contribution in [0.5, 0.6) is 5.75 Å². The molecule has 0 amide bonds. The fourth-order valence-electron chi connectivity index (χ4n) is 3.60. The predicted molar refractivity (Wildman–Crippen MR) is 117 cm³/mol. The van der Waals surface area contributed by atoms with Gasteiger partial charge < -0.3 is 4.74 Å². The number of aromatic nitrogens is 3. The van der Waals surface area contributed by atoms with Crippen LogP contribution in [0.1, 0.15) is 49.1 Å². The van der Waals surface area contributed by atoms with Crippen LogP contribution < -0.4 is 4.74 Å². The first-order chi connectivity index (χ1) is 14.4. The minimum absolute atomic E-state index is 0.0811. The van der Waals surface area contributed by atoms with Gasteiger partial charge in [-0.1, -0.05) is 37.6 Å². The summed E-state index contributed by atoms with van der Waals surface area (Å²) in [6.07, 6.45) is 0.262. The van der Waals surface area contributed by atoms with Crippen molar-refractivity contribution in [3.05, 3.63) is 70.3 Å². The number of halogens is 1. The van der Waals surface area contributed by atoms with Crippen molar-refractivity contribution in [1.29, 1.82) is 0 Å². The van der Waals surface area contributed by atoms with Gasteiger partial charge in [-0.05, 0) is 31.2 Å². The van der Waals surface area contributed by atoms with Crippen LogP contribution in [0.25, 0.3) is 5.69 Å². The summed E-state index contributed by atoms with van der Waals surface area (Å²) in [6.45, 7) is 5.70. The van der Waals surface area contributed by atoms with Crippen LogP contribution >= 0.6 is 11.6 Å². The molecule has 0 fully saturated rings. The molecule has 0 bridgehead atoms. The molecule has 7 heteroatoms. The van der Waals surface area contributed by atoms with E-state index in [9.17, 15) is 4.79 Å². The molecule has 0 spiro atoms. The number of aliphatic imine (C=N–C) groups is 1. The van der Waals surface area contributed by atoms with Crippen molar-refractivity contribution in [2.45, 2.75) is 33.2 Å². The standard InChI is InChI=1S/C23H23ClN4O2/c1-13(2)21(29)12-19-23-27-26-14(3)28(23)20-11-17(30-4)9-10-18(20)22(25-19)15-5-7-16(24)8-6-15/h5-11,13,19H,12H2,1-4H3/t19-/m0/s1. The van der Waals surface area contributed by atoms with Gasteiger partial charge in [-0.3, -0.25) is 14.4 Å². The molecule has 0 unspecified atom stereocenters. The molecule has 30 heavy (non-hydrogen) atoms. The largest absolute Gasteiger partial charge is 0.497 e. The van der Waals surface area contributed by atoms with Gasteiger partial charge >= 0.3 is 0 Å². The van der Waals surface area contributed by atoms with Gasteiger partial charge in [0.1, 0.15) is 23.4 Å². The zero-order valence-corrected chi connectivity index (χ0v) is 18.1. The topological polar surface area (TPSA) is 69.4 Å². The average Bonchev–Trinajstić information content (AvgIpc) is 3.06. The van der Waals surface area contributed by atoms with E-state index < -0.39 is 6.04 Å². The van der Waals surface area contributed by atoms with Crippen molar-refractivity contribution in [2.75, 3.05) is 7.11 Å². The van der Waals surface area contributed by atoms with Crippen molar-refractivity contribution in [3.63, 3.8) is 0 Å². The van der Waals surface area contributed by atoms with E-state index in [0.717, 1.165) is 34.1 Å². The summed E-state index contributed by atoms with van der Waals surface area (Å²) in [7, 11) is 1.64. The Balaban J connectivity index is 1.97. The second kappa shape index (κ2) is 8.03. The number of aryl methyl sites for hydroxylation is 1. The van der Waals surface area contributed by atoms with Gasteiger partial charge in [-0.25, -0.2) is 0 Å². The first kappa shape index (κ1) is 20.3. The average molecular weight is 423 g/mol. The number of hydrogen-bond acceptors (Lipinski definition) is 5. The molecule has 0 aliphatic carbocycles. The summed E-state index contributed by atoms with van der Waals surface area (Å²) in [5.41, 5.74) is 3.50. The number of carbonyl (C=O) groups excluding carboxylic acids is 1. The lowest BCUT2D eigenvalue weighted by atomic mass is 9.99. The molecule has 1 aromatic heterocycles. The van der Waals surface area contributed by atoms with Crippen LogP contribution in [-0.2, 0) is 4.79 Å². The van der Waals surface area contributed by atoms with E-state index in [1.54, 1.807) is 7.11 Å². The fourth-order valence-corrected chi connectivity index (χ4v) is 3.73. The second-order valence-electron chi connectivity index (χ2n) is 7.65. The summed E-state index contributed by atoms with van der Waals surface area (Å²) < 4.78 is 7.44. The molecule has 0 saturated heterocycles. The molecular formula is C23H23ClN4O2. The molecule has 154 valence electrons. The van der Waals surface area contributed by atoms with Gasteiger partial charge in [0.15, 0.2) is 5.82 Å². The predicted octanol–water partition coefficient (Wildman–Crippen LogP) is 4.75. The fraction of sp³-hybridized carbons (Fsp3) is 0.304. The molecule has 0 saturated carbocycles. The Morgan fingerprint density at radius 2 is 1.90 bits per heavy atom. The highest BCUT2D eigenvalue weighted by Gasteiger charge is 2.30. The zero-order chi connectivity index (χ0) is 21.4. The van der Waals surface area contributed by atoms with E-state index in [1.165, 1.54) is 0 Å². The van der Waals surface area contributed by atoms with Crippen LogP contribution in [0.2, 0.25) is 5.02 Å². The summed E-state index contributed by atoms with van der Waals surface area (Å²) in [4.78, 5) is 17.7. The normalized spacial score (nSPS) is 15.3. The smallest absolute Gasteiger partial charge is 0.162 e. The summed E-state index contributed by atoms with van der Waals surface area (Å²) in [5.74, 6) is 2.16. The molecule has 0 N–H and O–H groups in total. The Bertz CT molecular complexity index is 1130. The molecule has 4 rings (SSSR count). The lowest BCUT2D eigenvalue weighted by molar-refractivity contribution is -0.122. The van der Waals surface area contributed by atoms with Crippen molar-refractivity contribution in [2.24, 2.45) is 10.9 Å². The maximum Gasteiger partial charge on any atom is 0.162 e. The van der Waals surface area contributed by atoms with E-state index in [2.05, 4.69) is 10.2 Å². The SMILES string of the molecule is COc1ccc2c(c1)-n1c(C)nnc1[C@H](CC(=O)C(C)C)N=C2c1ccc(Cl)cc1. The highest BCUT2D eigenvalue weighted by atomic mass is 35.5.